The largest absolute Gasteiger partial charge is 0.704 e. The molecule has 0 radical (unpaired) electrons. The Labute approximate surface area is 386 Å². The molecule has 1 spiro atoms. The fourth-order valence-electron chi connectivity index (χ4n) is 10.9. The summed E-state index contributed by atoms with van der Waals surface area (Å²) >= 11 is 0. The van der Waals surface area contributed by atoms with E-state index in [2.05, 4.69) is 121 Å². The van der Waals surface area contributed by atoms with Gasteiger partial charge in [-0.1, -0.05) is 101 Å². The molecule has 3 aliphatic heterocycles. The first-order valence-electron chi connectivity index (χ1n) is 26.6. The van der Waals surface area contributed by atoms with Crippen LogP contribution in [0, 0.1) is 13.8 Å². The molecule has 2 unspecified atom stereocenters. The van der Waals surface area contributed by atoms with Crippen LogP contribution in [-0.2, 0) is 13.1 Å². The van der Waals surface area contributed by atoms with E-state index >= 15 is 0 Å². The maximum atomic E-state index is 7.35. The molecule has 4 aliphatic rings. The minimum atomic E-state index is -0.999. The smallest absolute Gasteiger partial charge is 0.340 e. The maximum absolute atomic E-state index is 7.35. The topological polar surface area (TPSA) is 37.4 Å². The number of rotatable bonds is 30. The molecule has 0 bridgehead atoms. The fourth-order valence-corrected chi connectivity index (χ4v) is 10.9. The second-order valence-electron chi connectivity index (χ2n) is 20.0. The van der Waals surface area contributed by atoms with E-state index in [-0.39, 0.29) is 0 Å². The van der Waals surface area contributed by atoms with E-state index in [1.807, 2.05) is 0 Å². The molecule has 2 aromatic carbocycles. The zero-order valence-electron chi connectivity index (χ0n) is 41.8. The summed E-state index contributed by atoms with van der Waals surface area (Å²) in [6.07, 6.45) is 27.4. The summed E-state index contributed by atoms with van der Waals surface area (Å²) in [5.74, 6) is 1.95. The molecule has 0 aromatic heterocycles. The molecule has 0 amide bonds. The van der Waals surface area contributed by atoms with Crippen LogP contribution in [0.15, 0.2) is 24.3 Å². The summed E-state index contributed by atoms with van der Waals surface area (Å²) in [6.45, 7) is 32.4. The van der Waals surface area contributed by atoms with Crippen molar-refractivity contribution < 1.29 is 18.6 Å². The van der Waals surface area contributed by atoms with Gasteiger partial charge in [0.25, 0.3) is 0 Å². The van der Waals surface area contributed by atoms with E-state index < -0.39 is 6.03 Å². The number of hydrogen-bond donors (Lipinski definition) is 0. The number of hydrogen-bond acceptors (Lipinski definition) is 6. The molecule has 6 rings (SSSR count). The van der Waals surface area contributed by atoms with Crippen LogP contribution >= 0.6 is 0 Å². The summed E-state index contributed by atoms with van der Waals surface area (Å²) in [5, 5.41) is 0. The van der Waals surface area contributed by atoms with Crippen molar-refractivity contribution >= 4 is 12.4 Å². The first-order chi connectivity index (χ1) is 30.8. The molecule has 1 aliphatic carbocycles. The van der Waals surface area contributed by atoms with Crippen molar-refractivity contribution in [3.63, 3.8) is 0 Å². The Kier molecular flexibility index (Phi) is 19.9. The van der Waals surface area contributed by atoms with Gasteiger partial charge in [0.15, 0.2) is 23.9 Å². The normalized spacial score (nSPS) is 20.0. The lowest BCUT2D eigenvalue weighted by atomic mass is 9.91. The number of nitrogens with zero attached hydrogens (tertiary/aromatic N) is 6. The van der Waals surface area contributed by atoms with Gasteiger partial charge in [0, 0.05) is 25.9 Å². The van der Waals surface area contributed by atoms with Crippen LogP contribution in [0.3, 0.4) is 0 Å². The number of fused-ring (bicyclic) bond motifs is 5. The fraction of sp³-hybridized carbons (Fsp3) is 0.745. The van der Waals surface area contributed by atoms with Crippen molar-refractivity contribution in [3.8, 4) is 11.5 Å². The third kappa shape index (κ3) is 13.0. The van der Waals surface area contributed by atoms with Crippen molar-refractivity contribution in [1.82, 2.24) is 19.6 Å². The first-order valence-corrected chi connectivity index (χ1v) is 26.6. The molecule has 2 atom stereocenters. The van der Waals surface area contributed by atoms with Crippen molar-refractivity contribution in [1.29, 1.82) is 0 Å². The van der Waals surface area contributed by atoms with Crippen LogP contribution in [-0.4, -0.2) is 125 Å². The third-order valence-corrected chi connectivity index (χ3v) is 14.5. The molecule has 63 heavy (non-hydrogen) atoms. The molecular weight excluding hydrogens is 777 g/mol. The molecule has 3 heterocycles. The zero-order chi connectivity index (χ0) is 44.6. The molecular formula is C55H92N6O2+2. The second-order valence-corrected chi connectivity index (χ2v) is 20.0. The highest BCUT2D eigenvalue weighted by atomic mass is 16.7. The van der Waals surface area contributed by atoms with E-state index in [1.54, 1.807) is 0 Å². The summed E-state index contributed by atoms with van der Waals surface area (Å²) in [5.41, 5.74) is 7.61. The van der Waals surface area contributed by atoms with E-state index in [0.717, 1.165) is 63.6 Å². The van der Waals surface area contributed by atoms with Crippen molar-refractivity contribution in [3.05, 3.63) is 57.6 Å². The lowest BCUT2D eigenvalue weighted by Gasteiger charge is -2.30. The Balaban J connectivity index is 1.21. The molecule has 1 saturated carbocycles. The van der Waals surface area contributed by atoms with Gasteiger partial charge in [-0.2, -0.15) is 0 Å². The standard InChI is InChI=1S/C55H92N6O2/c1-9-15-27-56(28-16-10-2)33-23-35-58(31-19-13-5)41-47-37-45(7)53-49(39-47)43-60-51-25-21-22-26-52(51)61-44-50-40-48(38-46(8)54(50)63-55(60,61)62-53)42-59(32-20-14-6)36-24-34-57(29-17-11-3)30-18-12-4/h37-40,43-44,51-52H,9-36,41-42H2,1-8H3/q+2. The molecule has 1 saturated heterocycles. The highest BCUT2D eigenvalue weighted by Crippen LogP contribution is 2.46. The monoisotopic (exact) mass is 869 g/mol. The van der Waals surface area contributed by atoms with Crippen LogP contribution in [0.5, 0.6) is 11.5 Å². The molecule has 8 nitrogen and oxygen atoms in total. The Morgan fingerprint density at radius 2 is 0.778 bits per heavy atom. The minimum Gasteiger partial charge on any atom is -0.340 e. The van der Waals surface area contributed by atoms with Gasteiger partial charge in [-0.25, -0.2) is 0 Å². The Morgan fingerprint density at radius 3 is 1.13 bits per heavy atom. The highest BCUT2D eigenvalue weighted by Gasteiger charge is 2.76. The van der Waals surface area contributed by atoms with Gasteiger partial charge < -0.3 is 19.3 Å². The Bertz CT molecular complexity index is 1630. The van der Waals surface area contributed by atoms with Crippen LogP contribution in [0.25, 0.3) is 0 Å². The maximum Gasteiger partial charge on any atom is 0.704 e. The Morgan fingerprint density at radius 1 is 0.460 bits per heavy atom. The van der Waals surface area contributed by atoms with Crippen molar-refractivity contribution in [2.24, 2.45) is 0 Å². The van der Waals surface area contributed by atoms with E-state index in [9.17, 15) is 0 Å². The number of aryl methyl sites for hydroxylation is 2. The predicted octanol–water partition coefficient (Wildman–Crippen LogP) is 11.4. The van der Waals surface area contributed by atoms with Gasteiger partial charge in [-0.15, -0.1) is 0 Å². The number of benzene rings is 2. The summed E-state index contributed by atoms with van der Waals surface area (Å²) < 4.78 is 19.7. The lowest BCUT2D eigenvalue weighted by molar-refractivity contribution is -0.866. The molecule has 352 valence electrons. The minimum absolute atomic E-state index is 0.351. The molecule has 2 fully saturated rings. The van der Waals surface area contributed by atoms with Gasteiger partial charge in [-0.05, 0) is 178 Å². The number of ether oxygens (including phenoxy) is 2. The van der Waals surface area contributed by atoms with Gasteiger partial charge in [-0.3, -0.25) is 9.80 Å². The average Bonchev–Trinajstić information content (AvgIpc) is 3.56. The Hall–Kier alpha value is -2.78. The summed E-state index contributed by atoms with van der Waals surface area (Å²) in [7, 11) is 0. The second kappa shape index (κ2) is 25.2. The number of unbranched alkanes of at least 4 members (excludes halogenated alkanes) is 6. The van der Waals surface area contributed by atoms with Crippen molar-refractivity contribution in [2.45, 2.75) is 202 Å². The van der Waals surface area contributed by atoms with Gasteiger partial charge in [0.2, 0.25) is 12.1 Å². The van der Waals surface area contributed by atoms with Gasteiger partial charge in [0.05, 0.1) is 11.1 Å². The zero-order valence-corrected chi connectivity index (χ0v) is 41.8. The SMILES string of the molecule is CCCCN(CCCC)CCCN(CCCC)Cc1cc(C)c2c(c1)C=[N+]1C3CCCCC3[N+]3=Cc4cc(CN(CCCC)CCCN(CCCC)CCCC)cc(C)c4OC13O2. The summed E-state index contributed by atoms with van der Waals surface area (Å²) in [4.78, 5) is 10.9. The third-order valence-electron chi connectivity index (χ3n) is 14.5. The molecule has 2 aromatic rings. The van der Waals surface area contributed by atoms with Crippen molar-refractivity contribution in [2.75, 3.05) is 65.4 Å². The van der Waals surface area contributed by atoms with E-state index in [4.69, 9.17) is 9.47 Å². The average molecular weight is 869 g/mol. The molecule has 8 heteroatoms. The lowest BCUT2D eigenvalue weighted by Crippen LogP contribution is -2.60. The van der Waals surface area contributed by atoms with E-state index in [1.165, 1.54) is 175 Å². The quantitative estimate of drug-likeness (QED) is 0.0728. The first kappa shape index (κ1) is 49.6. The predicted molar refractivity (Wildman–Crippen MR) is 265 cm³/mol. The van der Waals surface area contributed by atoms with Crippen LogP contribution in [0.2, 0.25) is 0 Å². The van der Waals surface area contributed by atoms with Crippen LogP contribution in [0.4, 0.5) is 0 Å². The van der Waals surface area contributed by atoms with Crippen LogP contribution in [0.1, 0.15) is 190 Å². The summed E-state index contributed by atoms with van der Waals surface area (Å²) in [6, 6.07) is 9.36. The molecule has 0 N–H and O–H groups in total. The van der Waals surface area contributed by atoms with Gasteiger partial charge >= 0.3 is 6.03 Å². The highest BCUT2D eigenvalue weighted by molar-refractivity contribution is 5.84. The van der Waals surface area contributed by atoms with Crippen LogP contribution < -0.4 is 9.47 Å². The van der Waals surface area contributed by atoms with Gasteiger partial charge in [0.1, 0.15) is 0 Å². The van der Waals surface area contributed by atoms with E-state index in [0.29, 0.717) is 12.1 Å².